The number of nitrogens with one attached hydrogen (secondary N) is 2. The van der Waals surface area contributed by atoms with Gasteiger partial charge in [-0.3, -0.25) is 10.6 Å². The van der Waals surface area contributed by atoms with E-state index in [-0.39, 0.29) is 0 Å². The molecular formula is C44H44N2O2. The molecule has 0 unspecified atom stereocenters. The van der Waals surface area contributed by atoms with Crippen LogP contribution in [0, 0.1) is 0 Å². The number of benzene rings is 6. The molecule has 0 radical (unpaired) electrons. The average Bonchev–Trinajstić information content (AvgIpc) is 3.18. The molecule has 0 heterocycles. The molecule has 0 bridgehead atoms. The molecule has 0 atom stereocenters. The maximum atomic E-state index is 6.08. The van der Waals surface area contributed by atoms with Gasteiger partial charge >= 0.3 is 0 Å². The maximum Gasteiger partial charge on any atom is 0.0948 e. The molecule has 0 aliphatic heterocycles. The second-order valence-corrected chi connectivity index (χ2v) is 11.8. The Bertz CT molecular complexity index is 1420. The van der Waals surface area contributed by atoms with Crippen molar-refractivity contribution in [2.24, 2.45) is 0 Å². The van der Waals surface area contributed by atoms with Crippen LogP contribution in [0.15, 0.2) is 182 Å². The molecule has 0 aliphatic rings. The van der Waals surface area contributed by atoms with Gasteiger partial charge in [0.25, 0.3) is 0 Å². The van der Waals surface area contributed by atoms with Gasteiger partial charge in [-0.15, -0.1) is 0 Å². The van der Waals surface area contributed by atoms with Gasteiger partial charge in [-0.2, -0.15) is 0 Å². The lowest BCUT2D eigenvalue weighted by molar-refractivity contribution is 0.0477. The Kier molecular flexibility index (Phi) is 11.6. The van der Waals surface area contributed by atoms with Crippen molar-refractivity contribution in [3.05, 3.63) is 215 Å². The first-order chi connectivity index (χ1) is 23.8. The zero-order chi connectivity index (χ0) is 32.7. The molecule has 0 spiro atoms. The molecule has 4 nitrogen and oxygen atoms in total. The van der Waals surface area contributed by atoms with Crippen LogP contribution in [-0.4, -0.2) is 39.5 Å². The van der Waals surface area contributed by atoms with Gasteiger partial charge in [0.05, 0.1) is 37.5 Å². The fourth-order valence-corrected chi connectivity index (χ4v) is 6.68. The summed E-state index contributed by atoms with van der Waals surface area (Å²) in [6.07, 6.45) is 0. The lowest BCUT2D eigenvalue weighted by Crippen LogP contribution is -2.46. The molecule has 48 heavy (non-hydrogen) atoms. The van der Waals surface area contributed by atoms with Crippen LogP contribution in [0.2, 0.25) is 0 Å². The van der Waals surface area contributed by atoms with Crippen molar-refractivity contribution in [3.63, 3.8) is 0 Å². The molecular weight excluding hydrogens is 588 g/mol. The summed E-state index contributed by atoms with van der Waals surface area (Å²) in [5, 5.41) is 7.76. The highest BCUT2D eigenvalue weighted by atomic mass is 16.5. The van der Waals surface area contributed by atoms with Gasteiger partial charge in [0, 0.05) is 13.1 Å². The van der Waals surface area contributed by atoms with Gasteiger partial charge in [0.2, 0.25) is 0 Å². The Balaban J connectivity index is 1.05. The van der Waals surface area contributed by atoms with Gasteiger partial charge in [-0.25, -0.2) is 0 Å². The third-order valence-corrected chi connectivity index (χ3v) is 8.89. The van der Waals surface area contributed by atoms with Crippen molar-refractivity contribution in [2.75, 3.05) is 39.5 Å². The van der Waals surface area contributed by atoms with E-state index in [1.54, 1.807) is 0 Å². The SMILES string of the molecule is c1ccc(C(NCCOCCOCCNC(c2ccccc2)(c2ccccc2)c2ccccc2)(c2ccccc2)c2ccccc2)cc1. The summed E-state index contributed by atoms with van der Waals surface area (Å²) < 4.78 is 12.2. The van der Waals surface area contributed by atoms with Gasteiger partial charge < -0.3 is 9.47 Å². The van der Waals surface area contributed by atoms with Gasteiger partial charge in [0.1, 0.15) is 0 Å². The van der Waals surface area contributed by atoms with Crippen LogP contribution in [0.4, 0.5) is 0 Å². The first-order valence-electron chi connectivity index (χ1n) is 16.8. The topological polar surface area (TPSA) is 42.5 Å². The molecule has 0 amide bonds. The van der Waals surface area contributed by atoms with Crippen molar-refractivity contribution in [3.8, 4) is 0 Å². The highest BCUT2D eigenvalue weighted by Gasteiger charge is 2.36. The van der Waals surface area contributed by atoms with E-state index in [1.165, 1.54) is 33.4 Å². The molecule has 2 N–H and O–H groups in total. The summed E-state index contributed by atoms with van der Waals surface area (Å²) in [4.78, 5) is 0. The minimum absolute atomic E-state index is 0.502. The third-order valence-electron chi connectivity index (χ3n) is 8.89. The standard InChI is InChI=1S/C44H44N2O2/c1-7-19-37(20-8-1)43(38-21-9-2-10-22-38,39-23-11-3-12-24-39)45-31-33-47-35-36-48-34-32-46-44(40-25-13-4-14-26-40,41-27-15-5-16-28-41)42-29-17-6-18-30-42/h1-30,45-46H,31-36H2. The Morgan fingerprint density at radius 3 is 0.708 bits per heavy atom. The normalized spacial score (nSPS) is 11.8. The van der Waals surface area contributed by atoms with Crippen molar-refractivity contribution in [2.45, 2.75) is 11.1 Å². The molecule has 6 aromatic carbocycles. The highest BCUT2D eigenvalue weighted by Crippen LogP contribution is 2.37. The lowest BCUT2D eigenvalue weighted by Gasteiger charge is -2.37. The molecule has 0 aromatic heterocycles. The summed E-state index contributed by atoms with van der Waals surface area (Å²) in [5.41, 5.74) is 6.14. The first-order valence-corrected chi connectivity index (χ1v) is 16.8. The van der Waals surface area contributed by atoms with E-state index in [0.717, 1.165) is 0 Å². The van der Waals surface area contributed by atoms with Crippen molar-refractivity contribution >= 4 is 0 Å². The summed E-state index contributed by atoms with van der Waals surface area (Å²) in [6.45, 7) is 3.53. The molecule has 0 saturated heterocycles. The predicted octanol–water partition coefficient (Wildman–Crippen LogP) is 8.18. The third kappa shape index (κ3) is 7.49. The van der Waals surface area contributed by atoms with Crippen LogP contribution in [0.25, 0.3) is 0 Å². The van der Waals surface area contributed by atoms with Crippen LogP contribution in [0.1, 0.15) is 33.4 Å². The van der Waals surface area contributed by atoms with Crippen molar-refractivity contribution < 1.29 is 9.47 Å². The molecule has 242 valence electrons. The van der Waals surface area contributed by atoms with E-state index in [2.05, 4.69) is 193 Å². The molecule has 0 aliphatic carbocycles. The van der Waals surface area contributed by atoms with E-state index in [1.807, 2.05) is 0 Å². The fourth-order valence-electron chi connectivity index (χ4n) is 6.68. The minimum atomic E-state index is -0.502. The second-order valence-electron chi connectivity index (χ2n) is 11.8. The first kappa shape index (κ1) is 33.1. The Labute approximate surface area is 285 Å². The summed E-state index contributed by atoms with van der Waals surface area (Å²) in [6, 6.07) is 63.9. The number of hydrogen-bond donors (Lipinski definition) is 2. The fraction of sp³-hybridized carbons (Fsp3) is 0.182. The molecule has 4 heteroatoms. The zero-order valence-corrected chi connectivity index (χ0v) is 27.4. The Hall–Kier alpha value is -4.84. The molecule has 6 aromatic rings. The molecule has 0 fully saturated rings. The zero-order valence-electron chi connectivity index (χ0n) is 27.4. The van der Waals surface area contributed by atoms with E-state index in [9.17, 15) is 0 Å². The van der Waals surface area contributed by atoms with Crippen LogP contribution in [0.5, 0.6) is 0 Å². The van der Waals surface area contributed by atoms with E-state index < -0.39 is 11.1 Å². The van der Waals surface area contributed by atoms with Gasteiger partial charge in [-0.1, -0.05) is 182 Å². The van der Waals surface area contributed by atoms with Gasteiger partial charge in [0.15, 0.2) is 0 Å². The van der Waals surface area contributed by atoms with E-state index in [0.29, 0.717) is 39.5 Å². The summed E-state index contributed by atoms with van der Waals surface area (Å²) in [5.74, 6) is 0. The Morgan fingerprint density at radius 1 is 0.292 bits per heavy atom. The quantitative estimate of drug-likeness (QED) is 0.0786. The van der Waals surface area contributed by atoms with E-state index in [4.69, 9.17) is 9.47 Å². The maximum absolute atomic E-state index is 6.08. The van der Waals surface area contributed by atoms with Crippen LogP contribution >= 0.6 is 0 Å². The second kappa shape index (κ2) is 16.8. The summed E-state index contributed by atoms with van der Waals surface area (Å²) >= 11 is 0. The van der Waals surface area contributed by atoms with Crippen molar-refractivity contribution in [1.29, 1.82) is 0 Å². The van der Waals surface area contributed by atoms with E-state index >= 15 is 0 Å². The van der Waals surface area contributed by atoms with Crippen LogP contribution < -0.4 is 10.6 Å². The average molecular weight is 633 g/mol. The Morgan fingerprint density at radius 2 is 0.500 bits per heavy atom. The highest BCUT2D eigenvalue weighted by molar-refractivity contribution is 5.50. The number of hydrogen-bond acceptors (Lipinski definition) is 4. The summed E-state index contributed by atoms with van der Waals surface area (Å²) in [7, 11) is 0. The predicted molar refractivity (Wildman–Crippen MR) is 196 cm³/mol. The smallest absolute Gasteiger partial charge is 0.0948 e. The lowest BCUT2D eigenvalue weighted by atomic mass is 9.77. The van der Waals surface area contributed by atoms with Crippen LogP contribution in [-0.2, 0) is 20.6 Å². The van der Waals surface area contributed by atoms with Crippen LogP contribution in [0.3, 0.4) is 0 Å². The van der Waals surface area contributed by atoms with Gasteiger partial charge in [-0.05, 0) is 33.4 Å². The molecule has 0 saturated carbocycles. The molecule has 6 rings (SSSR count). The largest absolute Gasteiger partial charge is 0.378 e. The monoisotopic (exact) mass is 632 g/mol. The number of rotatable bonds is 17. The van der Waals surface area contributed by atoms with Crippen molar-refractivity contribution in [1.82, 2.24) is 10.6 Å². The number of ether oxygens (including phenoxy) is 2. The minimum Gasteiger partial charge on any atom is -0.378 e.